The van der Waals surface area contributed by atoms with Gasteiger partial charge in [-0.2, -0.15) is 5.10 Å². The Balaban J connectivity index is 1.96. The van der Waals surface area contributed by atoms with Crippen LogP contribution in [0.5, 0.6) is 5.75 Å². The molecule has 2 atom stereocenters. The second-order valence-corrected chi connectivity index (χ2v) is 11.0. The normalized spacial score (nSPS) is 16.7. The fraction of sp³-hybridized carbons (Fsp3) is 0.519. The van der Waals surface area contributed by atoms with Crippen molar-refractivity contribution < 1.29 is 9.47 Å². The van der Waals surface area contributed by atoms with Crippen LogP contribution in [0, 0.1) is 13.8 Å². The minimum absolute atomic E-state index is 0.0241. The minimum atomic E-state index is -0.0241. The Morgan fingerprint density at radius 3 is 2.59 bits per heavy atom. The zero-order chi connectivity index (χ0) is 23.0. The summed E-state index contributed by atoms with van der Waals surface area (Å²) in [6.45, 7) is 11.4. The molecule has 174 valence electrons. The van der Waals surface area contributed by atoms with Crippen LogP contribution < -0.4 is 10.0 Å². The van der Waals surface area contributed by atoms with Crippen LogP contribution in [0.1, 0.15) is 68.2 Å². The molecule has 2 aromatic carbocycles. The molecule has 1 saturated heterocycles. The van der Waals surface area contributed by atoms with Gasteiger partial charge < -0.3 is 9.47 Å². The molecule has 0 bridgehead atoms. The monoisotopic (exact) mass is 454 g/mol. The highest BCUT2D eigenvalue weighted by molar-refractivity contribution is 7.48. The second kappa shape index (κ2) is 11.8. The summed E-state index contributed by atoms with van der Waals surface area (Å²) in [5.74, 6) is 0.973. The van der Waals surface area contributed by atoms with E-state index in [9.17, 15) is 0 Å². The Morgan fingerprint density at radius 2 is 1.88 bits per heavy atom. The molecule has 32 heavy (non-hydrogen) atoms. The molecule has 5 heteroatoms. The van der Waals surface area contributed by atoms with E-state index in [0.717, 1.165) is 31.7 Å². The van der Waals surface area contributed by atoms with Crippen LogP contribution in [0.4, 0.5) is 0 Å². The number of piperidine rings is 1. The number of hydrogen-bond acceptors (Lipinski definition) is 4. The average Bonchev–Trinajstić information content (AvgIpc) is 2.78. The number of hydrazone groups is 1. The molecule has 0 aliphatic carbocycles. The largest absolute Gasteiger partial charge is 0.467 e. The molecule has 2 aromatic rings. The molecule has 2 unspecified atom stereocenters. The molecule has 3 rings (SSSR count). The maximum Gasteiger partial charge on any atom is 0.188 e. The Bertz CT molecular complexity index is 909. The van der Waals surface area contributed by atoms with Gasteiger partial charge in [0.25, 0.3) is 0 Å². The molecule has 1 aliphatic rings. The van der Waals surface area contributed by atoms with E-state index in [2.05, 4.69) is 75.3 Å². The van der Waals surface area contributed by atoms with Crippen molar-refractivity contribution in [3.63, 3.8) is 0 Å². The maximum absolute atomic E-state index is 6.11. The Kier molecular flexibility index (Phi) is 9.13. The van der Waals surface area contributed by atoms with Crippen molar-refractivity contribution in [3.8, 4) is 5.75 Å². The van der Waals surface area contributed by atoms with Crippen molar-refractivity contribution in [1.29, 1.82) is 0 Å². The number of ether oxygens (including phenoxy) is 2. The standard InChI is InChI=1S/C27H39N2O2P/c1-6-14-27(4,24-18-21(2)17-22(3)26(24)31-20-30-5)32-25-13-9-8-12-23(25)19-28-29-15-10-7-11-16-29/h8-9,12-13,17-19,32H,6-7,10-11,14-16,20H2,1-5H3/b28-19+. The van der Waals surface area contributed by atoms with Crippen molar-refractivity contribution in [2.75, 3.05) is 27.0 Å². The fourth-order valence-electron chi connectivity index (χ4n) is 4.60. The number of aryl methyl sites for hydroxylation is 2. The molecule has 0 radical (unpaired) electrons. The lowest BCUT2D eigenvalue weighted by Gasteiger charge is -2.33. The van der Waals surface area contributed by atoms with Crippen molar-refractivity contribution in [2.24, 2.45) is 5.10 Å². The van der Waals surface area contributed by atoms with Gasteiger partial charge in [-0.25, -0.2) is 0 Å². The summed E-state index contributed by atoms with van der Waals surface area (Å²) < 4.78 is 11.4. The van der Waals surface area contributed by atoms with Crippen LogP contribution in [0.3, 0.4) is 0 Å². The quantitative estimate of drug-likeness (QED) is 0.246. The summed E-state index contributed by atoms with van der Waals surface area (Å²) in [5.41, 5.74) is 4.95. The predicted molar refractivity (Wildman–Crippen MR) is 138 cm³/mol. The molecule has 1 fully saturated rings. The molecule has 0 saturated carbocycles. The van der Waals surface area contributed by atoms with E-state index in [-0.39, 0.29) is 11.9 Å². The number of hydrogen-bond donors (Lipinski definition) is 0. The molecule has 1 aliphatic heterocycles. The lowest BCUT2D eigenvalue weighted by molar-refractivity contribution is 0.0495. The number of benzene rings is 2. The van der Waals surface area contributed by atoms with Gasteiger partial charge in [0.05, 0.1) is 6.21 Å². The third kappa shape index (κ3) is 6.33. The first kappa shape index (κ1) is 24.7. The lowest BCUT2D eigenvalue weighted by Crippen LogP contribution is -2.25. The smallest absolute Gasteiger partial charge is 0.188 e. The van der Waals surface area contributed by atoms with Gasteiger partial charge in [0.1, 0.15) is 5.75 Å². The summed E-state index contributed by atoms with van der Waals surface area (Å²) >= 11 is 0. The highest BCUT2D eigenvalue weighted by Crippen LogP contribution is 2.49. The molecular weight excluding hydrogens is 415 g/mol. The van der Waals surface area contributed by atoms with E-state index >= 15 is 0 Å². The summed E-state index contributed by atoms with van der Waals surface area (Å²) in [6.07, 6.45) is 8.09. The van der Waals surface area contributed by atoms with Gasteiger partial charge in [0, 0.05) is 36.5 Å². The van der Waals surface area contributed by atoms with Gasteiger partial charge in [-0.3, -0.25) is 5.01 Å². The second-order valence-electron chi connectivity index (χ2n) is 9.06. The Morgan fingerprint density at radius 1 is 1.12 bits per heavy atom. The summed E-state index contributed by atoms with van der Waals surface area (Å²) in [6, 6.07) is 13.2. The summed E-state index contributed by atoms with van der Waals surface area (Å²) in [4.78, 5) is 0. The van der Waals surface area contributed by atoms with E-state index in [1.807, 2.05) is 0 Å². The van der Waals surface area contributed by atoms with Crippen molar-refractivity contribution in [2.45, 2.75) is 65.0 Å². The first-order chi connectivity index (χ1) is 15.5. The van der Waals surface area contributed by atoms with Gasteiger partial charge in [0.2, 0.25) is 0 Å². The van der Waals surface area contributed by atoms with Crippen molar-refractivity contribution in [1.82, 2.24) is 5.01 Å². The highest BCUT2D eigenvalue weighted by Gasteiger charge is 2.31. The van der Waals surface area contributed by atoms with Crippen LogP contribution in [0.15, 0.2) is 41.5 Å². The molecule has 4 nitrogen and oxygen atoms in total. The Hall–Kier alpha value is -1.90. The molecule has 0 aromatic heterocycles. The molecule has 1 heterocycles. The van der Waals surface area contributed by atoms with Gasteiger partial charge in [-0.05, 0) is 50.4 Å². The first-order valence-corrected chi connectivity index (χ1v) is 12.9. The maximum atomic E-state index is 6.11. The van der Waals surface area contributed by atoms with Gasteiger partial charge >= 0.3 is 0 Å². The number of rotatable bonds is 10. The topological polar surface area (TPSA) is 34.1 Å². The van der Waals surface area contributed by atoms with E-state index in [1.165, 1.54) is 46.8 Å². The third-order valence-electron chi connectivity index (χ3n) is 6.15. The van der Waals surface area contributed by atoms with Crippen molar-refractivity contribution in [3.05, 3.63) is 58.7 Å². The zero-order valence-corrected chi connectivity index (χ0v) is 21.4. The van der Waals surface area contributed by atoms with Crippen LogP contribution >= 0.6 is 8.58 Å². The van der Waals surface area contributed by atoms with Crippen LogP contribution in [-0.2, 0) is 9.89 Å². The summed E-state index contributed by atoms with van der Waals surface area (Å²) in [5, 5.41) is 8.38. The minimum Gasteiger partial charge on any atom is -0.467 e. The van der Waals surface area contributed by atoms with E-state index in [1.54, 1.807) is 7.11 Å². The Labute approximate surface area is 196 Å². The highest BCUT2D eigenvalue weighted by atomic mass is 31.1. The lowest BCUT2D eigenvalue weighted by atomic mass is 9.91. The molecule has 0 amide bonds. The molecule has 0 spiro atoms. The van der Waals surface area contributed by atoms with Gasteiger partial charge in [0.15, 0.2) is 6.79 Å². The first-order valence-electron chi connectivity index (χ1n) is 11.9. The molecular formula is C27H39N2O2P. The van der Waals surface area contributed by atoms with Gasteiger partial charge in [-0.1, -0.05) is 70.8 Å². The van der Waals surface area contributed by atoms with Crippen molar-refractivity contribution >= 4 is 20.1 Å². The van der Waals surface area contributed by atoms with E-state index in [4.69, 9.17) is 14.6 Å². The van der Waals surface area contributed by atoms with Gasteiger partial charge in [-0.15, -0.1) is 0 Å². The summed E-state index contributed by atoms with van der Waals surface area (Å²) in [7, 11) is 2.29. The van der Waals surface area contributed by atoms with Crippen LogP contribution in [-0.4, -0.2) is 38.2 Å². The average molecular weight is 455 g/mol. The third-order valence-corrected chi connectivity index (χ3v) is 7.94. The number of nitrogens with zero attached hydrogens (tertiary/aromatic N) is 2. The number of methoxy groups -OCH3 is 1. The SMILES string of the molecule is CCCC(C)(Pc1ccccc1/C=N/N1CCCCC1)c1cc(C)cc(C)c1OCOC. The van der Waals surface area contributed by atoms with E-state index in [0.29, 0.717) is 8.58 Å². The van der Waals surface area contributed by atoms with Crippen LogP contribution in [0.25, 0.3) is 0 Å². The molecule has 0 N–H and O–H groups in total. The predicted octanol–water partition coefficient (Wildman–Crippen LogP) is 6.13. The van der Waals surface area contributed by atoms with Crippen LogP contribution in [0.2, 0.25) is 0 Å². The van der Waals surface area contributed by atoms with E-state index < -0.39 is 0 Å². The zero-order valence-electron chi connectivity index (χ0n) is 20.4. The fourth-order valence-corrected chi connectivity index (χ4v) is 6.36.